The summed E-state index contributed by atoms with van der Waals surface area (Å²) >= 11 is 1.66. The molecule has 0 amide bonds. The molecule has 0 unspecified atom stereocenters. The van der Waals surface area contributed by atoms with Gasteiger partial charge in [-0.05, 0) is 36.2 Å². The number of hydrogen-bond donors (Lipinski definition) is 1. The number of ether oxygens (including phenoxy) is 1. The Labute approximate surface area is 145 Å². The van der Waals surface area contributed by atoms with Gasteiger partial charge in [0.1, 0.15) is 5.75 Å². The van der Waals surface area contributed by atoms with Gasteiger partial charge in [0.15, 0.2) is 12.3 Å². The van der Waals surface area contributed by atoms with Crippen molar-refractivity contribution >= 4 is 33.8 Å². The third-order valence-electron chi connectivity index (χ3n) is 3.57. The molecule has 5 heteroatoms. The van der Waals surface area contributed by atoms with E-state index in [0.717, 1.165) is 21.4 Å². The number of rotatable bonds is 6. The van der Waals surface area contributed by atoms with Crippen molar-refractivity contribution in [2.24, 2.45) is 0 Å². The highest BCUT2D eigenvalue weighted by atomic mass is 35.5. The van der Waals surface area contributed by atoms with E-state index in [0.29, 0.717) is 0 Å². The summed E-state index contributed by atoms with van der Waals surface area (Å²) in [7, 11) is 1.74. The van der Waals surface area contributed by atoms with E-state index in [4.69, 9.17) is 4.74 Å². The van der Waals surface area contributed by atoms with Gasteiger partial charge in [-0.2, -0.15) is 0 Å². The Morgan fingerprint density at radius 1 is 1.09 bits per heavy atom. The smallest absolute Gasteiger partial charge is 0.156 e. The van der Waals surface area contributed by atoms with Crippen molar-refractivity contribution in [2.45, 2.75) is 12.3 Å². The van der Waals surface area contributed by atoms with Crippen molar-refractivity contribution in [2.75, 3.05) is 13.6 Å². The number of thiophene rings is 1. The van der Waals surface area contributed by atoms with E-state index in [9.17, 15) is 4.39 Å². The minimum Gasteiger partial charge on any atom is -0.482 e. The number of alkyl halides is 1. The molecule has 1 heterocycles. The highest BCUT2D eigenvalue weighted by Gasteiger charge is 2.25. The zero-order valence-electron chi connectivity index (χ0n) is 12.7. The van der Waals surface area contributed by atoms with Crippen LogP contribution in [0.1, 0.15) is 11.7 Å². The maximum Gasteiger partial charge on any atom is 0.156 e. The van der Waals surface area contributed by atoms with Crippen LogP contribution >= 0.6 is 23.7 Å². The third kappa shape index (κ3) is 4.02. The average Bonchev–Trinajstić information content (AvgIpc) is 3.03. The van der Waals surface area contributed by atoms with Gasteiger partial charge in [0, 0.05) is 16.6 Å². The Balaban J connectivity index is 0.00000192. The lowest BCUT2D eigenvalue weighted by Gasteiger charge is -2.23. The Morgan fingerprint density at radius 3 is 2.61 bits per heavy atom. The predicted molar refractivity (Wildman–Crippen MR) is 97.7 cm³/mol. The quantitative estimate of drug-likeness (QED) is 0.674. The zero-order valence-corrected chi connectivity index (χ0v) is 14.4. The summed E-state index contributed by atoms with van der Waals surface area (Å²) in [6.07, 6.45) is -1.75. The molecule has 122 valence electrons. The summed E-state index contributed by atoms with van der Waals surface area (Å²) in [5.74, 6) is 0.728. The van der Waals surface area contributed by atoms with Gasteiger partial charge >= 0.3 is 0 Å². The van der Waals surface area contributed by atoms with Crippen LogP contribution in [0, 0.1) is 0 Å². The second kappa shape index (κ2) is 8.29. The van der Waals surface area contributed by atoms with Gasteiger partial charge in [0.25, 0.3) is 0 Å². The van der Waals surface area contributed by atoms with Gasteiger partial charge < -0.3 is 10.1 Å². The van der Waals surface area contributed by atoms with Crippen molar-refractivity contribution in [1.82, 2.24) is 5.32 Å². The van der Waals surface area contributed by atoms with E-state index in [-0.39, 0.29) is 19.0 Å². The summed E-state index contributed by atoms with van der Waals surface area (Å²) < 4.78 is 21.8. The molecule has 1 aromatic heterocycles. The first-order valence-corrected chi connectivity index (χ1v) is 8.14. The lowest BCUT2D eigenvalue weighted by molar-refractivity contribution is 0.102. The summed E-state index contributed by atoms with van der Waals surface area (Å²) in [4.78, 5) is 0. The molecule has 0 saturated carbocycles. The molecule has 3 aromatic rings. The van der Waals surface area contributed by atoms with E-state index < -0.39 is 12.3 Å². The number of halogens is 2. The number of hydrogen-bond acceptors (Lipinski definition) is 3. The van der Waals surface area contributed by atoms with Crippen LogP contribution < -0.4 is 10.1 Å². The lowest BCUT2D eigenvalue weighted by atomic mass is 10.0. The van der Waals surface area contributed by atoms with Gasteiger partial charge in [-0.3, -0.25) is 0 Å². The zero-order chi connectivity index (χ0) is 15.4. The first kappa shape index (κ1) is 17.7. The molecule has 23 heavy (non-hydrogen) atoms. The van der Waals surface area contributed by atoms with Crippen LogP contribution in [0.4, 0.5) is 4.39 Å². The molecule has 2 atom stereocenters. The molecular formula is C18H19ClFNOS. The molecule has 0 radical (unpaired) electrons. The maximum atomic E-state index is 14.6. The van der Waals surface area contributed by atoms with Gasteiger partial charge in [0.2, 0.25) is 0 Å². The molecule has 0 spiro atoms. The summed E-state index contributed by atoms with van der Waals surface area (Å²) in [5.41, 5.74) is 0.845. The molecule has 0 saturated heterocycles. The maximum absolute atomic E-state index is 14.6. The van der Waals surface area contributed by atoms with E-state index in [1.165, 1.54) is 0 Å². The van der Waals surface area contributed by atoms with Crippen LogP contribution in [-0.2, 0) is 0 Å². The van der Waals surface area contributed by atoms with E-state index in [2.05, 4.69) is 5.32 Å². The summed E-state index contributed by atoms with van der Waals surface area (Å²) in [6.45, 7) is 0.249. The largest absolute Gasteiger partial charge is 0.482 e. The van der Waals surface area contributed by atoms with Gasteiger partial charge in [-0.1, -0.05) is 36.4 Å². The van der Waals surface area contributed by atoms with Crippen molar-refractivity contribution < 1.29 is 9.13 Å². The second-order valence-corrected chi connectivity index (χ2v) is 6.06. The average molecular weight is 352 g/mol. The molecular weight excluding hydrogens is 333 g/mol. The summed E-state index contributed by atoms with van der Waals surface area (Å²) in [5, 5.41) is 5.94. The fourth-order valence-corrected chi connectivity index (χ4v) is 3.30. The van der Waals surface area contributed by atoms with Gasteiger partial charge in [0.05, 0.1) is 0 Å². The first-order valence-electron chi connectivity index (χ1n) is 7.26. The molecule has 0 aliphatic rings. The lowest BCUT2D eigenvalue weighted by Crippen LogP contribution is -2.29. The van der Waals surface area contributed by atoms with Crippen LogP contribution in [0.3, 0.4) is 0 Å². The molecule has 1 N–H and O–H groups in total. The number of fused-ring (bicyclic) bond motifs is 1. The van der Waals surface area contributed by atoms with Crippen LogP contribution in [0.5, 0.6) is 5.75 Å². The molecule has 2 nitrogen and oxygen atoms in total. The molecule has 0 aliphatic carbocycles. The number of nitrogens with one attached hydrogen (secondary N) is 1. The van der Waals surface area contributed by atoms with E-state index in [1.54, 1.807) is 18.4 Å². The third-order valence-corrected chi connectivity index (χ3v) is 4.45. The molecule has 3 rings (SSSR count). The Bertz CT molecular complexity index is 734. The molecule has 0 aliphatic heterocycles. The fourth-order valence-electron chi connectivity index (χ4n) is 2.50. The van der Waals surface area contributed by atoms with Crippen molar-refractivity contribution in [3.63, 3.8) is 0 Å². The number of benzene rings is 2. The SMILES string of the molecule is CNC[C@H](F)[C@@H](Oc1cccc2sccc12)c1ccccc1.Cl. The molecule has 0 fully saturated rings. The fraction of sp³-hybridized carbons (Fsp3) is 0.222. The van der Waals surface area contributed by atoms with Crippen LogP contribution in [0.25, 0.3) is 10.1 Å². The topological polar surface area (TPSA) is 21.3 Å². The Kier molecular flexibility index (Phi) is 6.39. The highest BCUT2D eigenvalue weighted by molar-refractivity contribution is 7.17. The van der Waals surface area contributed by atoms with Crippen LogP contribution in [0.15, 0.2) is 60.0 Å². The van der Waals surface area contributed by atoms with E-state index >= 15 is 0 Å². The minimum absolute atomic E-state index is 0. The predicted octanol–water partition coefficient (Wildman–Crippen LogP) is 5.00. The van der Waals surface area contributed by atoms with Crippen molar-refractivity contribution in [1.29, 1.82) is 0 Å². The normalized spacial score (nSPS) is 13.3. The van der Waals surface area contributed by atoms with Gasteiger partial charge in [-0.15, -0.1) is 23.7 Å². The monoisotopic (exact) mass is 351 g/mol. The van der Waals surface area contributed by atoms with Crippen LogP contribution in [-0.4, -0.2) is 19.8 Å². The minimum atomic E-state index is -1.12. The standard InChI is InChI=1S/C18H18FNOS.ClH/c1-20-12-15(19)18(13-6-3-2-4-7-13)21-16-8-5-9-17-14(16)10-11-22-17;/h2-11,15,18,20H,12H2,1H3;1H/t15-,18-;/m0./s1. The summed E-state index contributed by atoms with van der Waals surface area (Å²) in [6, 6.07) is 17.4. The Hall–Kier alpha value is -1.62. The van der Waals surface area contributed by atoms with Crippen molar-refractivity contribution in [3.05, 3.63) is 65.5 Å². The van der Waals surface area contributed by atoms with Gasteiger partial charge in [-0.25, -0.2) is 4.39 Å². The highest BCUT2D eigenvalue weighted by Crippen LogP contribution is 2.34. The Morgan fingerprint density at radius 2 is 1.87 bits per heavy atom. The molecule has 2 aromatic carbocycles. The van der Waals surface area contributed by atoms with E-state index in [1.807, 2.05) is 60.0 Å². The van der Waals surface area contributed by atoms with Crippen molar-refractivity contribution in [3.8, 4) is 5.75 Å². The molecule has 0 bridgehead atoms. The van der Waals surface area contributed by atoms with Crippen LogP contribution in [0.2, 0.25) is 0 Å². The first-order chi connectivity index (χ1) is 10.8. The second-order valence-electron chi connectivity index (χ2n) is 5.11.